The van der Waals surface area contributed by atoms with E-state index >= 15 is 0 Å². The second-order valence-electron chi connectivity index (χ2n) is 7.09. The lowest BCUT2D eigenvalue weighted by Gasteiger charge is -2.14. The van der Waals surface area contributed by atoms with E-state index in [0.29, 0.717) is 37.3 Å². The van der Waals surface area contributed by atoms with Gasteiger partial charge in [0, 0.05) is 5.56 Å². The van der Waals surface area contributed by atoms with Gasteiger partial charge < -0.3 is 19.5 Å². The molecule has 1 saturated heterocycles. The van der Waals surface area contributed by atoms with Crippen LogP contribution in [0.15, 0.2) is 75.0 Å². The number of carbonyl (C=O) groups excluding carboxylic acids is 1. The lowest BCUT2D eigenvalue weighted by Crippen LogP contribution is -2.19. The minimum atomic E-state index is -0.338. The molecular weight excluding hydrogens is 523 g/mol. The Morgan fingerprint density at radius 3 is 2.56 bits per heavy atom. The molecule has 3 aromatic rings. The number of nitrogens with zero attached hydrogens (tertiary/aromatic N) is 1. The van der Waals surface area contributed by atoms with Gasteiger partial charge in [-0.05, 0) is 81.8 Å². The smallest absolute Gasteiger partial charge is 0.264 e. The first kappa shape index (κ1) is 23.8. The molecule has 0 spiro atoms. The maximum absolute atomic E-state index is 13.9. The molecule has 0 atom stereocenters. The molecule has 0 aromatic heterocycles. The summed E-state index contributed by atoms with van der Waals surface area (Å²) in [6, 6.07) is 17.2. The Morgan fingerprint density at radius 1 is 1.09 bits per heavy atom. The Morgan fingerprint density at radius 2 is 1.85 bits per heavy atom. The van der Waals surface area contributed by atoms with Crippen molar-refractivity contribution in [3.05, 3.63) is 87.0 Å². The molecular formula is C25H20BrFN2O4S. The van der Waals surface area contributed by atoms with Crippen molar-refractivity contribution in [3.63, 3.8) is 0 Å². The first-order valence-electron chi connectivity index (χ1n) is 10.1. The van der Waals surface area contributed by atoms with Gasteiger partial charge in [0.15, 0.2) is 16.7 Å². The van der Waals surface area contributed by atoms with Gasteiger partial charge >= 0.3 is 0 Å². The van der Waals surface area contributed by atoms with E-state index in [1.807, 2.05) is 12.1 Å². The number of rotatable bonds is 7. The van der Waals surface area contributed by atoms with E-state index in [2.05, 4.69) is 26.2 Å². The van der Waals surface area contributed by atoms with E-state index in [4.69, 9.17) is 14.2 Å². The predicted molar refractivity (Wildman–Crippen MR) is 135 cm³/mol. The van der Waals surface area contributed by atoms with Crippen LogP contribution in [0.5, 0.6) is 17.2 Å². The number of amidine groups is 1. The van der Waals surface area contributed by atoms with Gasteiger partial charge in [0.2, 0.25) is 0 Å². The number of methoxy groups -OCH3 is 2. The normalized spacial score (nSPS) is 15.5. The van der Waals surface area contributed by atoms with E-state index in [0.717, 1.165) is 11.3 Å². The fourth-order valence-electron chi connectivity index (χ4n) is 3.13. The molecule has 0 aliphatic carbocycles. The van der Waals surface area contributed by atoms with Crippen molar-refractivity contribution in [2.24, 2.45) is 4.99 Å². The molecule has 1 heterocycles. The largest absolute Gasteiger partial charge is 0.497 e. The van der Waals surface area contributed by atoms with Crippen molar-refractivity contribution in [2.75, 3.05) is 14.2 Å². The Balaban J connectivity index is 1.53. The third kappa shape index (κ3) is 5.60. The lowest BCUT2D eigenvalue weighted by atomic mass is 10.1. The van der Waals surface area contributed by atoms with Crippen molar-refractivity contribution in [2.45, 2.75) is 6.61 Å². The van der Waals surface area contributed by atoms with Crippen LogP contribution in [0, 0.1) is 5.82 Å². The summed E-state index contributed by atoms with van der Waals surface area (Å²) in [5.74, 6) is 1.04. The lowest BCUT2D eigenvalue weighted by molar-refractivity contribution is -0.115. The molecule has 0 bridgehead atoms. The number of aliphatic imine (C=N–C) groups is 1. The summed E-state index contributed by atoms with van der Waals surface area (Å²) < 4.78 is 31.0. The maximum atomic E-state index is 13.9. The second kappa shape index (κ2) is 10.8. The number of amides is 1. The van der Waals surface area contributed by atoms with Crippen LogP contribution < -0.4 is 19.5 Å². The van der Waals surface area contributed by atoms with E-state index in [-0.39, 0.29) is 18.3 Å². The Bertz CT molecular complexity index is 1280. The van der Waals surface area contributed by atoms with Gasteiger partial charge in [0.25, 0.3) is 5.91 Å². The number of halogens is 2. The average molecular weight is 543 g/mol. The highest BCUT2D eigenvalue weighted by molar-refractivity contribution is 9.10. The summed E-state index contributed by atoms with van der Waals surface area (Å²) in [7, 11) is 3.12. The number of hydrogen-bond acceptors (Lipinski definition) is 6. The van der Waals surface area contributed by atoms with Gasteiger partial charge in [-0.3, -0.25) is 4.79 Å². The maximum Gasteiger partial charge on any atom is 0.264 e. The molecule has 1 amide bonds. The van der Waals surface area contributed by atoms with Crippen LogP contribution in [-0.2, 0) is 11.4 Å². The quantitative estimate of drug-likeness (QED) is 0.366. The Hall–Kier alpha value is -3.30. The average Bonchev–Trinajstić information content (AvgIpc) is 3.17. The van der Waals surface area contributed by atoms with Gasteiger partial charge in [0.05, 0.1) is 29.3 Å². The number of nitrogens with one attached hydrogen (secondary N) is 1. The first-order valence-corrected chi connectivity index (χ1v) is 11.7. The van der Waals surface area contributed by atoms with E-state index in [1.165, 1.54) is 24.9 Å². The first-order chi connectivity index (χ1) is 16.5. The Kier molecular flexibility index (Phi) is 7.54. The second-order valence-corrected chi connectivity index (χ2v) is 8.98. The highest BCUT2D eigenvalue weighted by Gasteiger charge is 2.24. The molecule has 6 nitrogen and oxygen atoms in total. The predicted octanol–water partition coefficient (Wildman–Crippen LogP) is 6.08. The molecule has 3 aromatic carbocycles. The van der Waals surface area contributed by atoms with Crippen molar-refractivity contribution in [1.29, 1.82) is 0 Å². The zero-order valence-electron chi connectivity index (χ0n) is 18.3. The van der Waals surface area contributed by atoms with Crippen molar-refractivity contribution in [3.8, 4) is 17.2 Å². The number of carbonyl (C=O) groups is 1. The summed E-state index contributed by atoms with van der Waals surface area (Å²) in [6.07, 6.45) is 1.74. The van der Waals surface area contributed by atoms with Gasteiger partial charge in [-0.2, -0.15) is 0 Å². The molecule has 1 aliphatic heterocycles. The standard InChI is InChI=1S/C25H20BrFN2O4S/c1-31-18-9-7-17(8-10-18)28-25-29-24(30)22(34-25)13-15-11-19(26)23(21(12-15)32-2)33-14-16-5-3-4-6-20(16)27/h3-13H,14H2,1-2H3,(H,28,29,30)/b22-13-. The number of ether oxygens (including phenoxy) is 3. The summed E-state index contributed by atoms with van der Waals surface area (Å²) in [5.41, 5.74) is 1.86. The van der Waals surface area contributed by atoms with Crippen molar-refractivity contribution in [1.82, 2.24) is 5.32 Å². The highest BCUT2D eigenvalue weighted by Crippen LogP contribution is 2.39. The summed E-state index contributed by atoms with van der Waals surface area (Å²) in [5, 5.41) is 3.25. The summed E-state index contributed by atoms with van der Waals surface area (Å²) in [6.45, 7) is 0.0471. The minimum absolute atomic E-state index is 0.0471. The van der Waals surface area contributed by atoms with Gasteiger partial charge in [0.1, 0.15) is 18.2 Å². The fourth-order valence-corrected chi connectivity index (χ4v) is 4.55. The topological polar surface area (TPSA) is 69.2 Å². The van der Waals surface area contributed by atoms with E-state index in [1.54, 1.807) is 55.7 Å². The van der Waals surface area contributed by atoms with E-state index < -0.39 is 0 Å². The number of benzene rings is 3. The molecule has 9 heteroatoms. The van der Waals surface area contributed by atoms with Crippen LogP contribution in [0.1, 0.15) is 11.1 Å². The minimum Gasteiger partial charge on any atom is -0.497 e. The van der Waals surface area contributed by atoms with Crippen LogP contribution in [0.2, 0.25) is 0 Å². The fraction of sp³-hybridized carbons (Fsp3) is 0.120. The molecule has 1 fully saturated rings. The Labute approximate surface area is 209 Å². The van der Waals surface area contributed by atoms with Crippen LogP contribution in [0.25, 0.3) is 6.08 Å². The van der Waals surface area contributed by atoms with Crippen LogP contribution >= 0.6 is 27.7 Å². The zero-order valence-corrected chi connectivity index (χ0v) is 20.7. The summed E-state index contributed by atoms with van der Waals surface area (Å²) >= 11 is 4.74. The summed E-state index contributed by atoms with van der Waals surface area (Å²) in [4.78, 5) is 17.4. The molecule has 1 N–H and O–H groups in total. The van der Waals surface area contributed by atoms with Crippen LogP contribution in [-0.4, -0.2) is 25.3 Å². The van der Waals surface area contributed by atoms with Gasteiger partial charge in [-0.1, -0.05) is 18.2 Å². The third-order valence-corrected chi connectivity index (χ3v) is 6.33. The molecule has 0 radical (unpaired) electrons. The SMILES string of the molecule is COc1ccc(N=C2NC(=O)/C(=C/c3cc(Br)c(OCc4ccccc4F)c(OC)c3)S2)cc1. The number of thioether (sulfide) groups is 1. The molecule has 0 unspecified atom stereocenters. The number of hydrogen-bond donors (Lipinski definition) is 1. The van der Waals surface area contributed by atoms with Crippen LogP contribution in [0.4, 0.5) is 10.1 Å². The van der Waals surface area contributed by atoms with Gasteiger partial charge in [-0.15, -0.1) is 0 Å². The molecule has 34 heavy (non-hydrogen) atoms. The molecule has 174 valence electrons. The molecule has 4 rings (SSSR count). The van der Waals surface area contributed by atoms with E-state index in [9.17, 15) is 9.18 Å². The molecule has 1 aliphatic rings. The third-order valence-electron chi connectivity index (χ3n) is 4.83. The van der Waals surface area contributed by atoms with Crippen molar-refractivity contribution >= 4 is 50.5 Å². The van der Waals surface area contributed by atoms with Gasteiger partial charge in [-0.25, -0.2) is 9.38 Å². The zero-order chi connectivity index (χ0) is 24.1. The highest BCUT2D eigenvalue weighted by atomic mass is 79.9. The van der Waals surface area contributed by atoms with Crippen LogP contribution in [0.3, 0.4) is 0 Å². The van der Waals surface area contributed by atoms with Crippen molar-refractivity contribution < 1.29 is 23.4 Å². The molecule has 0 saturated carbocycles. The monoisotopic (exact) mass is 542 g/mol.